The van der Waals surface area contributed by atoms with Crippen LogP contribution in [0.1, 0.15) is 12.8 Å². The normalized spacial score (nSPS) is 24.9. The predicted molar refractivity (Wildman–Crippen MR) is 43.1 cm³/mol. The molecule has 0 aliphatic carbocycles. The number of cyclic esters (lactones) is 4. The maximum atomic E-state index is 10.6. The van der Waals surface area contributed by atoms with E-state index >= 15 is 0 Å². The van der Waals surface area contributed by atoms with Gasteiger partial charge in [-0.15, -0.1) is 0 Å². The summed E-state index contributed by atoms with van der Waals surface area (Å²) >= 11 is 0. The van der Waals surface area contributed by atoms with Crippen LogP contribution in [0.4, 0.5) is 9.59 Å². The molecule has 0 saturated carbocycles. The zero-order valence-electron chi connectivity index (χ0n) is 7.73. The Labute approximate surface area is 84.4 Å². The Balaban J connectivity index is 2.06. The van der Waals surface area contributed by atoms with Gasteiger partial charge in [0.15, 0.2) is 0 Å². The summed E-state index contributed by atoms with van der Waals surface area (Å²) in [5, 5.41) is 0. The molecule has 2 heterocycles. The van der Waals surface area contributed by atoms with E-state index in [0.29, 0.717) is 13.0 Å². The summed E-state index contributed by atoms with van der Waals surface area (Å²) in [7, 11) is 0. The first kappa shape index (κ1) is 9.99. The van der Waals surface area contributed by atoms with Crippen molar-refractivity contribution < 1.29 is 28.5 Å². The second kappa shape index (κ2) is 2.97. The van der Waals surface area contributed by atoms with Crippen LogP contribution in [-0.4, -0.2) is 30.6 Å². The number of nitrogens with two attached hydrogens (primary N) is 2. The molecule has 0 aromatic carbocycles. The van der Waals surface area contributed by atoms with Gasteiger partial charge in [0.1, 0.15) is 0 Å². The average molecular weight is 218 g/mol. The van der Waals surface area contributed by atoms with Gasteiger partial charge in [-0.2, -0.15) is 0 Å². The molecule has 2 saturated heterocycles. The molecule has 8 nitrogen and oxygen atoms in total. The molecule has 4 N–H and O–H groups in total. The third-order valence-corrected chi connectivity index (χ3v) is 2.21. The van der Waals surface area contributed by atoms with Crippen LogP contribution in [0.5, 0.6) is 0 Å². The van der Waals surface area contributed by atoms with E-state index in [1.165, 1.54) is 0 Å². The third kappa shape index (κ3) is 1.29. The van der Waals surface area contributed by atoms with Crippen molar-refractivity contribution in [3.05, 3.63) is 0 Å². The Hall–Kier alpha value is -1.54. The molecule has 0 atom stereocenters. The molecule has 0 radical (unpaired) electrons. The van der Waals surface area contributed by atoms with Gasteiger partial charge in [-0.25, -0.2) is 9.59 Å². The largest absolute Gasteiger partial charge is 0.517 e. The highest BCUT2D eigenvalue weighted by atomic mass is 17.0. The minimum absolute atomic E-state index is 0.193. The molecule has 0 unspecified atom stereocenters. The Morgan fingerprint density at radius 3 is 2.00 bits per heavy atom. The molecular weight excluding hydrogens is 208 g/mol. The van der Waals surface area contributed by atoms with E-state index < -0.39 is 24.0 Å². The Morgan fingerprint density at radius 1 is 1.07 bits per heavy atom. The van der Waals surface area contributed by atoms with Crippen molar-refractivity contribution in [1.29, 1.82) is 0 Å². The molecule has 0 aromatic rings. The van der Waals surface area contributed by atoms with Crippen LogP contribution in [0, 0.1) is 0 Å². The number of rotatable bonds is 4. The summed E-state index contributed by atoms with van der Waals surface area (Å²) in [5.74, 6) is -3.41. The van der Waals surface area contributed by atoms with Gasteiger partial charge in [-0.1, -0.05) is 0 Å². The van der Waals surface area contributed by atoms with Gasteiger partial charge < -0.3 is 24.7 Å². The lowest BCUT2D eigenvalue weighted by Gasteiger charge is -2.50. The molecule has 15 heavy (non-hydrogen) atoms. The Morgan fingerprint density at radius 2 is 1.60 bits per heavy atom. The molecule has 0 spiro atoms. The van der Waals surface area contributed by atoms with Crippen LogP contribution in [0.2, 0.25) is 0 Å². The minimum atomic E-state index is -1.85. The molecule has 2 rings (SSSR count). The van der Waals surface area contributed by atoms with Crippen molar-refractivity contribution in [3.63, 3.8) is 0 Å². The molecule has 84 valence electrons. The lowest BCUT2D eigenvalue weighted by molar-refractivity contribution is -0.441. The zero-order valence-corrected chi connectivity index (χ0v) is 7.73. The van der Waals surface area contributed by atoms with Crippen LogP contribution in [-0.2, 0) is 18.9 Å². The summed E-state index contributed by atoms with van der Waals surface area (Å²) in [6.07, 6.45) is -1.15. The van der Waals surface area contributed by atoms with E-state index in [4.69, 9.17) is 20.9 Å². The first-order chi connectivity index (χ1) is 7.01. The van der Waals surface area contributed by atoms with Crippen LogP contribution >= 0.6 is 0 Å². The highest BCUT2D eigenvalue weighted by Crippen LogP contribution is 2.44. The maximum absolute atomic E-state index is 10.6. The van der Waals surface area contributed by atoms with Crippen LogP contribution in [0.15, 0.2) is 0 Å². The maximum Gasteiger partial charge on any atom is 0.517 e. The lowest BCUT2D eigenvalue weighted by Crippen LogP contribution is -2.77. The summed E-state index contributed by atoms with van der Waals surface area (Å²) in [5.41, 5.74) is 10.8. The molecule has 2 aliphatic rings. The molecule has 2 fully saturated rings. The van der Waals surface area contributed by atoms with Crippen molar-refractivity contribution >= 4 is 12.3 Å². The SMILES string of the molecule is NCCCC1(C2(N)OC(=O)O2)OC(=O)O1. The van der Waals surface area contributed by atoms with Gasteiger partial charge in [-0.05, 0) is 13.0 Å². The fourth-order valence-electron chi connectivity index (χ4n) is 1.44. The van der Waals surface area contributed by atoms with Crippen LogP contribution in [0.3, 0.4) is 0 Å². The number of hydrogen-bond acceptors (Lipinski definition) is 8. The Kier molecular flexibility index (Phi) is 1.98. The number of carbonyl (C=O) groups is 2. The number of ether oxygens (including phenoxy) is 4. The summed E-state index contributed by atoms with van der Waals surface area (Å²) in [4.78, 5) is 21.1. The number of hydrogen-bond donors (Lipinski definition) is 2. The average Bonchev–Trinajstić information content (AvgIpc) is 2.07. The van der Waals surface area contributed by atoms with Gasteiger partial charge in [0.2, 0.25) is 0 Å². The second-order valence-electron chi connectivity index (χ2n) is 3.22. The fourth-order valence-corrected chi connectivity index (χ4v) is 1.44. The van der Waals surface area contributed by atoms with E-state index in [0.717, 1.165) is 0 Å². The summed E-state index contributed by atoms with van der Waals surface area (Å²) < 4.78 is 18.6. The Bertz CT molecular complexity index is 301. The van der Waals surface area contributed by atoms with E-state index in [9.17, 15) is 9.59 Å². The highest BCUT2D eigenvalue weighted by Gasteiger charge is 2.72. The molecule has 0 bridgehead atoms. The molecule has 8 heteroatoms. The van der Waals surface area contributed by atoms with Gasteiger partial charge in [0.05, 0.1) is 0 Å². The van der Waals surface area contributed by atoms with Crippen molar-refractivity contribution in [3.8, 4) is 0 Å². The van der Waals surface area contributed by atoms with Crippen LogP contribution < -0.4 is 11.5 Å². The van der Waals surface area contributed by atoms with E-state index in [1.54, 1.807) is 0 Å². The highest BCUT2D eigenvalue weighted by molar-refractivity contribution is 5.70. The van der Waals surface area contributed by atoms with E-state index in [-0.39, 0.29) is 6.42 Å². The predicted octanol–water partition coefficient (Wildman–Crippen LogP) is -0.632. The smallest absolute Gasteiger partial charge is 0.381 e. The van der Waals surface area contributed by atoms with Gasteiger partial charge in [0.25, 0.3) is 0 Å². The van der Waals surface area contributed by atoms with Gasteiger partial charge >= 0.3 is 24.0 Å². The lowest BCUT2D eigenvalue weighted by atomic mass is 10.0. The zero-order chi connectivity index (χ0) is 11.1. The van der Waals surface area contributed by atoms with Gasteiger partial charge in [-0.3, -0.25) is 5.73 Å². The standard InChI is InChI=1S/C7H10N2O6/c8-3-1-2-6(12-4(10)13-6)7(9)14-5(11)15-7/h1-3,8-9H2. The van der Waals surface area contributed by atoms with Crippen molar-refractivity contribution in [2.45, 2.75) is 24.5 Å². The van der Waals surface area contributed by atoms with Crippen molar-refractivity contribution in [2.24, 2.45) is 11.5 Å². The summed E-state index contributed by atoms with van der Waals surface area (Å²) in [6.45, 7) is 0.354. The first-order valence-electron chi connectivity index (χ1n) is 4.34. The minimum Gasteiger partial charge on any atom is -0.381 e. The second-order valence-corrected chi connectivity index (χ2v) is 3.22. The molecular formula is C7H10N2O6. The van der Waals surface area contributed by atoms with E-state index in [1.807, 2.05) is 0 Å². The number of carbonyl (C=O) groups excluding carboxylic acids is 2. The van der Waals surface area contributed by atoms with Crippen molar-refractivity contribution in [2.75, 3.05) is 6.54 Å². The molecule has 0 amide bonds. The fraction of sp³-hybridized carbons (Fsp3) is 0.714. The summed E-state index contributed by atoms with van der Waals surface area (Å²) in [6, 6.07) is 0. The quantitative estimate of drug-likeness (QED) is 0.597. The monoisotopic (exact) mass is 218 g/mol. The van der Waals surface area contributed by atoms with E-state index in [2.05, 4.69) is 9.47 Å². The molecule has 0 aromatic heterocycles. The molecule has 2 aliphatic heterocycles. The topological polar surface area (TPSA) is 123 Å². The third-order valence-electron chi connectivity index (χ3n) is 2.21. The van der Waals surface area contributed by atoms with Gasteiger partial charge in [0, 0.05) is 6.42 Å². The van der Waals surface area contributed by atoms with Crippen LogP contribution in [0.25, 0.3) is 0 Å². The van der Waals surface area contributed by atoms with Crippen molar-refractivity contribution in [1.82, 2.24) is 0 Å². The first-order valence-corrected chi connectivity index (χ1v) is 4.34.